The fourth-order valence-corrected chi connectivity index (χ4v) is 5.55. The van der Waals surface area contributed by atoms with Gasteiger partial charge in [0.05, 0.1) is 0 Å². The van der Waals surface area contributed by atoms with E-state index in [1.54, 1.807) is 11.1 Å². The van der Waals surface area contributed by atoms with Crippen molar-refractivity contribution in [2.45, 2.75) is 84.0 Å². The lowest BCUT2D eigenvalue weighted by atomic mass is 9.77. The molecule has 29 heavy (non-hydrogen) atoms. The van der Waals surface area contributed by atoms with Crippen LogP contribution >= 0.6 is 0 Å². The van der Waals surface area contributed by atoms with Gasteiger partial charge in [0.2, 0.25) is 0 Å². The Morgan fingerprint density at radius 1 is 0.690 bits per heavy atom. The minimum Gasteiger partial charge on any atom is -0.0804 e. The standard InChI is InChI=1S/C29H38/c1-3-5-23-8-12-25(13-9-23)27-16-20-29(21-17-27)28-18-14-26(15-19-28)24-10-6-22(4-2)7-11-24/h12,14-24H,3-11,13H2,1-2H3/t22-,23?,24-. The van der Waals surface area contributed by atoms with Crippen molar-refractivity contribution in [2.75, 3.05) is 0 Å². The maximum atomic E-state index is 2.50. The summed E-state index contributed by atoms with van der Waals surface area (Å²) in [5.74, 6) is 2.67. The van der Waals surface area contributed by atoms with Crippen LogP contribution in [-0.2, 0) is 0 Å². The van der Waals surface area contributed by atoms with Crippen LogP contribution in [0.15, 0.2) is 54.6 Å². The lowest BCUT2D eigenvalue weighted by Gasteiger charge is -2.28. The van der Waals surface area contributed by atoms with Crippen molar-refractivity contribution in [3.63, 3.8) is 0 Å². The molecule has 2 aliphatic carbocycles. The Labute approximate surface area is 178 Å². The summed E-state index contributed by atoms with van der Waals surface area (Å²) in [5, 5.41) is 0. The van der Waals surface area contributed by atoms with Crippen LogP contribution in [0.2, 0.25) is 0 Å². The monoisotopic (exact) mass is 386 g/mol. The van der Waals surface area contributed by atoms with E-state index in [1.165, 1.54) is 80.9 Å². The third-order valence-electron chi connectivity index (χ3n) is 7.61. The van der Waals surface area contributed by atoms with Gasteiger partial charge < -0.3 is 0 Å². The smallest absolute Gasteiger partial charge is 0.0162 e. The van der Waals surface area contributed by atoms with Crippen LogP contribution < -0.4 is 0 Å². The van der Waals surface area contributed by atoms with E-state index in [0.29, 0.717) is 0 Å². The average molecular weight is 387 g/mol. The van der Waals surface area contributed by atoms with Gasteiger partial charge in [0, 0.05) is 0 Å². The Morgan fingerprint density at radius 3 is 1.86 bits per heavy atom. The molecule has 1 fully saturated rings. The van der Waals surface area contributed by atoms with Gasteiger partial charge in [-0.3, -0.25) is 0 Å². The maximum Gasteiger partial charge on any atom is -0.0162 e. The summed E-state index contributed by atoms with van der Waals surface area (Å²) in [7, 11) is 0. The molecule has 2 aromatic carbocycles. The highest BCUT2D eigenvalue weighted by molar-refractivity contribution is 5.71. The molecule has 4 rings (SSSR count). The highest BCUT2D eigenvalue weighted by Gasteiger charge is 2.21. The number of hydrogen-bond acceptors (Lipinski definition) is 0. The summed E-state index contributed by atoms with van der Waals surface area (Å²) in [6.45, 7) is 4.65. The third-order valence-corrected chi connectivity index (χ3v) is 7.61. The Balaban J connectivity index is 1.39. The fourth-order valence-electron chi connectivity index (χ4n) is 5.55. The van der Waals surface area contributed by atoms with Gasteiger partial charge in [0.1, 0.15) is 0 Å². The molecule has 0 nitrogen and oxygen atoms in total. The van der Waals surface area contributed by atoms with Crippen LogP contribution in [0.5, 0.6) is 0 Å². The summed E-state index contributed by atoms with van der Waals surface area (Å²) in [6, 6.07) is 18.8. The van der Waals surface area contributed by atoms with Gasteiger partial charge in [-0.15, -0.1) is 0 Å². The van der Waals surface area contributed by atoms with Gasteiger partial charge in [-0.25, -0.2) is 0 Å². The molecule has 154 valence electrons. The van der Waals surface area contributed by atoms with Crippen LogP contribution in [0.3, 0.4) is 0 Å². The van der Waals surface area contributed by atoms with E-state index >= 15 is 0 Å². The molecular weight excluding hydrogens is 348 g/mol. The van der Waals surface area contributed by atoms with Crippen LogP contribution in [-0.4, -0.2) is 0 Å². The van der Waals surface area contributed by atoms with Crippen LogP contribution in [0.4, 0.5) is 0 Å². The molecule has 0 saturated heterocycles. The van der Waals surface area contributed by atoms with E-state index < -0.39 is 0 Å². The number of allylic oxidation sites excluding steroid dienone is 2. The summed E-state index contributed by atoms with van der Waals surface area (Å²) in [5.41, 5.74) is 7.22. The molecule has 0 radical (unpaired) electrons. The molecule has 0 aromatic heterocycles. The zero-order valence-electron chi connectivity index (χ0n) is 18.5. The van der Waals surface area contributed by atoms with Crippen molar-refractivity contribution in [3.05, 3.63) is 65.7 Å². The van der Waals surface area contributed by atoms with Crippen LogP contribution in [0.1, 0.15) is 95.1 Å². The van der Waals surface area contributed by atoms with Crippen LogP contribution in [0, 0.1) is 11.8 Å². The second kappa shape index (κ2) is 9.79. The first-order valence-corrected chi connectivity index (χ1v) is 12.2. The molecule has 0 spiro atoms. The van der Waals surface area contributed by atoms with E-state index in [9.17, 15) is 0 Å². The average Bonchev–Trinajstić information content (AvgIpc) is 2.80. The lowest BCUT2D eigenvalue weighted by Crippen LogP contribution is -2.12. The van der Waals surface area contributed by atoms with Crippen molar-refractivity contribution in [1.82, 2.24) is 0 Å². The third kappa shape index (κ3) is 5.03. The molecule has 0 bridgehead atoms. The molecule has 1 atom stereocenters. The van der Waals surface area contributed by atoms with Crippen molar-refractivity contribution in [2.24, 2.45) is 11.8 Å². The molecular formula is C29H38. The van der Waals surface area contributed by atoms with E-state index in [4.69, 9.17) is 0 Å². The van der Waals surface area contributed by atoms with E-state index in [0.717, 1.165) is 17.8 Å². The molecule has 0 N–H and O–H groups in total. The summed E-state index contributed by atoms with van der Waals surface area (Å²) >= 11 is 0. The minimum absolute atomic E-state index is 0.781. The van der Waals surface area contributed by atoms with Gasteiger partial charge in [-0.05, 0) is 90.5 Å². The lowest BCUT2D eigenvalue weighted by molar-refractivity contribution is 0.319. The molecule has 1 saturated carbocycles. The Hall–Kier alpha value is -1.82. The van der Waals surface area contributed by atoms with Gasteiger partial charge in [-0.2, -0.15) is 0 Å². The zero-order valence-corrected chi connectivity index (χ0v) is 18.5. The number of rotatable bonds is 6. The maximum absolute atomic E-state index is 2.50. The molecule has 0 heterocycles. The fraction of sp³-hybridized carbons (Fsp3) is 0.517. The Bertz CT molecular complexity index is 785. The number of benzene rings is 2. The van der Waals surface area contributed by atoms with Crippen molar-refractivity contribution >= 4 is 5.57 Å². The van der Waals surface area contributed by atoms with Gasteiger partial charge in [0.25, 0.3) is 0 Å². The first-order chi connectivity index (χ1) is 14.3. The second-order valence-electron chi connectivity index (χ2n) is 9.48. The zero-order chi connectivity index (χ0) is 20.1. The molecule has 0 heteroatoms. The van der Waals surface area contributed by atoms with Gasteiger partial charge in [0.15, 0.2) is 0 Å². The van der Waals surface area contributed by atoms with Gasteiger partial charge >= 0.3 is 0 Å². The summed E-state index contributed by atoms with van der Waals surface area (Å²) < 4.78 is 0. The second-order valence-corrected chi connectivity index (χ2v) is 9.48. The quantitative estimate of drug-likeness (QED) is 0.464. The van der Waals surface area contributed by atoms with E-state index in [1.807, 2.05) is 0 Å². The Kier molecular flexibility index (Phi) is 6.90. The normalized spacial score (nSPS) is 24.9. The first kappa shape index (κ1) is 20.5. The van der Waals surface area contributed by atoms with Crippen molar-refractivity contribution in [3.8, 4) is 11.1 Å². The highest BCUT2D eigenvalue weighted by atomic mass is 14.3. The molecule has 1 unspecified atom stereocenters. The molecule has 0 aliphatic heterocycles. The minimum atomic E-state index is 0.781. The predicted molar refractivity (Wildman–Crippen MR) is 127 cm³/mol. The van der Waals surface area contributed by atoms with Crippen molar-refractivity contribution < 1.29 is 0 Å². The van der Waals surface area contributed by atoms with E-state index in [2.05, 4.69) is 68.5 Å². The summed E-state index contributed by atoms with van der Waals surface area (Å²) in [6.07, 6.45) is 16.0. The highest BCUT2D eigenvalue weighted by Crippen LogP contribution is 2.38. The van der Waals surface area contributed by atoms with Crippen molar-refractivity contribution in [1.29, 1.82) is 0 Å². The van der Waals surface area contributed by atoms with E-state index in [-0.39, 0.29) is 0 Å². The van der Waals surface area contributed by atoms with Crippen LogP contribution in [0.25, 0.3) is 16.7 Å². The predicted octanol–water partition coefficient (Wildman–Crippen LogP) is 9.02. The summed E-state index contributed by atoms with van der Waals surface area (Å²) in [4.78, 5) is 0. The largest absolute Gasteiger partial charge is 0.0804 e. The molecule has 2 aromatic rings. The Morgan fingerprint density at radius 2 is 1.31 bits per heavy atom. The number of hydrogen-bond donors (Lipinski definition) is 0. The molecule has 2 aliphatic rings. The SMILES string of the molecule is CCCC1CC=C(c2ccc(-c3ccc([C@H]4CC[C@H](CC)CC4)cc3)cc2)CC1. The molecule has 0 amide bonds. The first-order valence-electron chi connectivity index (χ1n) is 12.2. The topological polar surface area (TPSA) is 0 Å². The van der Waals surface area contributed by atoms with Gasteiger partial charge in [-0.1, -0.05) is 87.7 Å².